The highest BCUT2D eigenvalue weighted by molar-refractivity contribution is 6.01. The Morgan fingerprint density at radius 3 is 2.31 bits per heavy atom. The Hall–Kier alpha value is -4.72. The predicted octanol–water partition coefficient (Wildman–Crippen LogP) is 5.82. The SMILES string of the molecule is Cc1ccccc1N(C)C1(c2ccccc2)CCC2(CC1)CN(c1cnc(-c3cccc4c3CC(=O)N4)nc1)C(=O)N2. The summed E-state index contributed by atoms with van der Waals surface area (Å²) in [4.78, 5) is 38.7. The molecule has 1 spiro atoms. The number of aryl methyl sites for hydroxylation is 1. The third-order valence-corrected chi connectivity index (χ3v) is 9.52. The standard InChI is InChI=1S/C34H34N6O2/c1-23-9-6-7-14-29(23)39(2)34(24-10-4-3-5-11-24)17-15-33(16-18-34)22-40(32(42)38-33)25-20-35-31(36-21-25)26-12-8-13-28-27(26)19-30(41)37-28/h3-14,20-21H,15-19,22H2,1-2H3,(H,37,41)(H,38,42). The maximum Gasteiger partial charge on any atom is 0.322 e. The van der Waals surface area contributed by atoms with Gasteiger partial charge in [0.15, 0.2) is 5.82 Å². The highest BCUT2D eigenvalue weighted by atomic mass is 16.2. The summed E-state index contributed by atoms with van der Waals surface area (Å²) in [5.74, 6) is 0.521. The van der Waals surface area contributed by atoms with Crippen molar-refractivity contribution >= 4 is 29.0 Å². The van der Waals surface area contributed by atoms with E-state index in [0.29, 0.717) is 24.5 Å². The van der Waals surface area contributed by atoms with Crippen LogP contribution in [0.1, 0.15) is 42.4 Å². The Bertz CT molecular complexity index is 1660. The topological polar surface area (TPSA) is 90.5 Å². The number of amides is 3. The van der Waals surface area contributed by atoms with Crippen molar-refractivity contribution in [3.05, 3.63) is 102 Å². The highest BCUT2D eigenvalue weighted by Crippen LogP contribution is 2.48. The molecule has 0 atom stereocenters. The van der Waals surface area contributed by atoms with Gasteiger partial charge < -0.3 is 15.5 Å². The van der Waals surface area contributed by atoms with Gasteiger partial charge in [-0.1, -0.05) is 60.7 Å². The van der Waals surface area contributed by atoms with E-state index < -0.39 is 0 Å². The summed E-state index contributed by atoms with van der Waals surface area (Å²) in [5, 5.41) is 6.23. The molecule has 1 aliphatic carbocycles. The van der Waals surface area contributed by atoms with Gasteiger partial charge in [-0.2, -0.15) is 0 Å². The number of nitrogens with zero attached hydrogens (tertiary/aromatic N) is 4. The van der Waals surface area contributed by atoms with E-state index in [2.05, 4.69) is 94.1 Å². The fourth-order valence-electron chi connectivity index (χ4n) is 7.14. The van der Waals surface area contributed by atoms with Crippen LogP contribution in [0, 0.1) is 6.92 Å². The van der Waals surface area contributed by atoms with Gasteiger partial charge in [-0.25, -0.2) is 14.8 Å². The van der Waals surface area contributed by atoms with Gasteiger partial charge in [-0.3, -0.25) is 9.69 Å². The molecule has 7 rings (SSSR count). The number of carbonyl (C=O) groups excluding carboxylic acids is 2. The molecule has 2 fully saturated rings. The predicted molar refractivity (Wildman–Crippen MR) is 165 cm³/mol. The first-order valence-electron chi connectivity index (χ1n) is 14.6. The van der Waals surface area contributed by atoms with Crippen molar-refractivity contribution in [2.24, 2.45) is 0 Å². The largest absolute Gasteiger partial charge is 0.365 e. The molecule has 8 heteroatoms. The van der Waals surface area contributed by atoms with Crippen LogP contribution in [0.4, 0.5) is 21.9 Å². The van der Waals surface area contributed by atoms with E-state index in [9.17, 15) is 9.59 Å². The van der Waals surface area contributed by atoms with Crippen LogP contribution in [0.25, 0.3) is 11.4 Å². The molecule has 42 heavy (non-hydrogen) atoms. The molecule has 3 aromatic carbocycles. The molecule has 3 heterocycles. The second-order valence-electron chi connectivity index (χ2n) is 11.9. The van der Waals surface area contributed by atoms with E-state index in [1.807, 2.05) is 18.2 Å². The molecule has 1 saturated carbocycles. The van der Waals surface area contributed by atoms with Crippen LogP contribution in [0.15, 0.2) is 85.2 Å². The van der Waals surface area contributed by atoms with Gasteiger partial charge in [0.1, 0.15) is 0 Å². The van der Waals surface area contributed by atoms with Gasteiger partial charge >= 0.3 is 6.03 Å². The molecule has 1 saturated heterocycles. The minimum absolute atomic E-state index is 0.0260. The maximum atomic E-state index is 13.3. The van der Waals surface area contributed by atoms with Crippen LogP contribution < -0.4 is 20.4 Å². The number of para-hydroxylation sites is 1. The molecule has 0 bridgehead atoms. The Morgan fingerprint density at radius 2 is 1.57 bits per heavy atom. The fourth-order valence-corrected chi connectivity index (χ4v) is 7.14. The number of nitrogens with one attached hydrogen (secondary N) is 2. The van der Waals surface area contributed by atoms with Gasteiger partial charge in [0, 0.05) is 24.0 Å². The number of urea groups is 1. The number of carbonyl (C=O) groups is 2. The lowest BCUT2D eigenvalue weighted by atomic mass is 9.68. The van der Waals surface area contributed by atoms with Crippen LogP contribution >= 0.6 is 0 Å². The van der Waals surface area contributed by atoms with Gasteiger partial charge in [0.2, 0.25) is 5.91 Å². The zero-order chi connectivity index (χ0) is 28.9. The number of rotatable bonds is 5. The smallest absolute Gasteiger partial charge is 0.322 e. The molecule has 3 amide bonds. The number of aromatic nitrogens is 2. The van der Waals surface area contributed by atoms with Crippen LogP contribution in [0.3, 0.4) is 0 Å². The maximum absolute atomic E-state index is 13.3. The average molecular weight is 559 g/mol. The van der Waals surface area contributed by atoms with Crippen LogP contribution in [0.2, 0.25) is 0 Å². The molecule has 0 radical (unpaired) electrons. The minimum atomic E-state index is -0.313. The lowest BCUT2D eigenvalue weighted by molar-refractivity contribution is -0.115. The minimum Gasteiger partial charge on any atom is -0.365 e. The fraction of sp³-hybridized carbons (Fsp3) is 0.294. The number of benzene rings is 3. The number of fused-ring (bicyclic) bond motifs is 1. The first-order valence-corrected chi connectivity index (χ1v) is 14.6. The summed E-state index contributed by atoms with van der Waals surface area (Å²) in [7, 11) is 2.21. The summed E-state index contributed by atoms with van der Waals surface area (Å²) in [6.07, 6.45) is 7.29. The van der Waals surface area contributed by atoms with Crippen molar-refractivity contribution in [3.63, 3.8) is 0 Å². The van der Waals surface area contributed by atoms with Crippen molar-refractivity contribution in [1.82, 2.24) is 15.3 Å². The summed E-state index contributed by atoms with van der Waals surface area (Å²) >= 11 is 0. The molecule has 2 aliphatic heterocycles. The molecule has 212 valence electrons. The average Bonchev–Trinajstić information content (AvgIpc) is 3.56. The van der Waals surface area contributed by atoms with E-state index in [1.54, 1.807) is 17.3 Å². The van der Waals surface area contributed by atoms with E-state index >= 15 is 0 Å². The van der Waals surface area contributed by atoms with E-state index in [-0.39, 0.29) is 23.0 Å². The Morgan fingerprint density at radius 1 is 0.857 bits per heavy atom. The van der Waals surface area contributed by atoms with Gasteiger partial charge in [-0.15, -0.1) is 0 Å². The molecule has 1 aromatic heterocycles. The first kappa shape index (κ1) is 26.2. The van der Waals surface area contributed by atoms with E-state index in [1.165, 1.54) is 16.8 Å². The van der Waals surface area contributed by atoms with Gasteiger partial charge in [0.25, 0.3) is 0 Å². The summed E-state index contributed by atoms with van der Waals surface area (Å²) in [6.45, 7) is 2.74. The molecule has 2 N–H and O–H groups in total. The third kappa shape index (κ3) is 4.29. The van der Waals surface area contributed by atoms with E-state index in [4.69, 9.17) is 0 Å². The zero-order valence-corrected chi connectivity index (χ0v) is 23.9. The number of anilines is 3. The lowest BCUT2D eigenvalue weighted by Crippen LogP contribution is -2.55. The van der Waals surface area contributed by atoms with Gasteiger partial charge in [0.05, 0.1) is 42.1 Å². The first-order chi connectivity index (χ1) is 20.4. The van der Waals surface area contributed by atoms with Crippen molar-refractivity contribution in [2.45, 2.75) is 50.1 Å². The molecular weight excluding hydrogens is 524 g/mol. The van der Waals surface area contributed by atoms with Crippen LogP contribution in [-0.2, 0) is 16.8 Å². The lowest BCUT2D eigenvalue weighted by Gasteiger charge is -2.51. The normalized spacial score (nSPS) is 23.0. The van der Waals surface area contributed by atoms with Crippen LogP contribution in [-0.4, -0.2) is 41.0 Å². The Labute approximate surface area is 245 Å². The molecule has 4 aromatic rings. The van der Waals surface area contributed by atoms with Crippen molar-refractivity contribution in [3.8, 4) is 11.4 Å². The van der Waals surface area contributed by atoms with Crippen LogP contribution in [0.5, 0.6) is 0 Å². The summed E-state index contributed by atoms with van der Waals surface area (Å²) < 4.78 is 0. The molecule has 8 nitrogen and oxygen atoms in total. The molecule has 0 unspecified atom stereocenters. The van der Waals surface area contributed by atoms with Crippen molar-refractivity contribution in [1.29, 1.82) is 0 Å². The quantitative estimate of drug-likeness (QED) is 0.322. The molecule has 3 aliphatic rings. The van der Waals surface area contributed by atoms with E-state index in [0.717, 1.165) is 42.5 Å². The zero-order valence-electron chi connectivity index (χ0n) is 23.9. The second-order valence-corrected chi connectivity index (χ2v) is 11.9. The monoisotopic (exact) mass is 558 g/mol. The number of hydrogen-bond donors (Lipinski definition) is 2. The van der Waals surface area contributed by atoms with Crippen molar-refractivity contribution in [2.75, 3.05) is 28.7 Å². The summed E-state index contributed by atoms with van der Waals surface area (Å²) in [6, 6.07) is 24.9. The van der Waals surface area contributed by atoms with Gasteiger partial charge in [-0.05, 0) is 61.4 Å². The highest BCUT2D eigenvalue weighted by Gasteiger charge is 2.51. The Balaban J connectivity index is 1.12. The molecular formula is C34H34N6O2. The van der Waals surface area contributed by atoms with Crippen molar-refractivity contribution < 1.29 is 9.59 Å². The third-order valence-electron chi connectivity index (χ3n) is 9.52. The second kappa shape index (κ2) is 9.98. The summed E-state index contributed by atoms with van der Waals surface area (Å²) in [5.41, 5.74) is 6.53. The Kier molecular flexibility index (Phi) is 6.22. The number of hydrogen-bond acceptors (Lipinski definition) is 5.